The van der Waals surface area contributed by atoms with Gasteiger partial charge in [-0.2, -0.15) is 10.1 Å². The molecule has 2 amide bonds. The molecule has 2 aliphatic carbocycles. The van der Waals surface area contributed by atoms with E-state index in [2.05, 4.69) is 13.2 Å². The topological polar surface area (TPSA) is 152 Å². The second-order valence-corrected chi connectivity index (χ2v) is 9.12. The van der Waals surface area contributed by atoms with Crippen molar-refractivity contribution in [2.75, 3.05) is 13.2 Å². The second kappa shape index (κ2) is 13.4. The number of carbonyl (C=O) groups excluding carboxylic acids is 2. The van der Waals surface area contributed by atoms with Crippen molar-refractivity contribution in [1.29, 1.82) is 0 Å². The third-order valence-electron chi connectivity index (χ3n) is 6.99. The lowest BCUT2D eigenvalue weighted by Crippen LogP contribution is -2.70. The molecule has 12 heteroatoms. The number of hydrogen-bond acceptors (Lipinski definition) is 8. The quantitative estimate of drug-likeness (QED) is 0.216. The molecule has 0 saturated heterocycles. The van der Waals surface area contributed by atoms with Crippen molar-refractivity contribution in [3.63, 3.8) is 0 Å². The number of hydrogen-bond donors (Lipinski definition) is 2. The Morgan fingerprint density at radius 1 is 0.784 bits per heavy atom. The zero-order chi connectivity index (χ0) is 27.6. The normalized spacial score (nSPS) is 27.4. The van der Waals surface area contributed by atoms with Crippen LogP contribution in [-0.4, -0.2) is 81.0 Å². The Labute approximate surface area is 216 Å². The molecule has 208 valence electrons. The Morgan fingerprint density at radius 2 is 1.16 bits per heavy atom. The fourth-order valence-electron chi connectivity index (χ4n) is 5.64. The lowest BCUT2D eigenvalue weighted by Gasteiger charge is -2.55. The van der Waals surface area contributed by atoms with Crippen LogP contribution >= 0.6 is 0 Å². The molecular formula is C25H38N2O10. The van der Waals surface area contributed by atoms with Crippen molar-refractivity contribution in [1.82, 2.24) is 10.1 Å². The highest BCUT2D eigenvalue weighted by molar-refractivity contribution is 5.82. The van der Waals surface area contributed by atoms with Gasteiger partial charge in [0.1, 0.15) is 23.3 Å². The van der Waals surface area contributed by atoms with Crippen molar-refractivity contribution >= 4 is 24.1 Å². The molecule has 0 aromatic heterocycles. The van der Waals surface area contributed by atoms with Crippen molar-refractivity contribution in [3.8, 4) is 0 Å². The summed E-state index contributed by atoms with van der Waals surface area (Å²) in [6.07, 6.45) is 0.400. The summed E-state index contributed by atoms with van der Waals surface area (Å²) in [6.45, 7) is 10.1. The van der Waals surface area contributed by atoms with Crippen LogP contribution in [0.3, 0.4) is 0 Å². The van der Waals surface area contributed by atoms with Crippen LogP contribution < -0.4 is 0 Å². The van der Waals surface area contributed by atoms with Gasteiger partial charge in [-0.25, -0.2) is 19.2 Å². The number of esters is 2. The molecule has 0 aromatic carbocycles. The van der Waals surface area contributed by atoms with Crippen LogP contribution in [0.4, 0.5) is 9.59 Å². The summed E-state index contributed by atoms with van der Waals surface area (Å²) in [7, 11) is 0. The fraction of sp³-hybridized carbons (Fsp3) is 0.680. The highest BCUT2D eigenvalue weighted by atomic mass is 16.7. The van der Waals surface area contributed by atoms with Gasteiger partial charge in [-0.3, -0.25) is 9.68 Å². The summed E-state index contributed by atoms with van der Waals surface area (Å²) >= 11 is 0. The van der Waals surface area contributed by atoms with E-state index in [-0.39, 0.29) is 32.5 Å². The van der Waals surface area contributed by atoms with Crippen LogP contribution in [0.15, 0.2) is 25.3 Å². The van der Waals surface area contributed by atoms with Gasteiger partial charge in [-0.15, -0.1) is 0 Å². The molecule has 0 bridgehead atoms. The summed E-state index contributed by atoms with van der Waals surface area (Å²) in [5.41, 5.74) is -3.03. The van der Waals surface area contributed by atoms with Crippen LogP contribution in [0.25, 0.3) is 0 Å². The highest BCUT2D eigenvalue weighted by Gasteiger charge is 2.61. The van der Waals surface area contributed by atoms with Gasteiger partial charge in [-0.1, -0.05) is 26.0 Å². The third kappa shape index (κ3) is 6.61. The molecule has 2 fully saturated rings. The first kappa shape index (κ1) is 30.1. The Hall–Kier alpha value is -3.12. The molecule has 12 nitrogen and oxygen atoms in total. The van der Waals surface area contributed by atoms with Gasteiger partial charge < -0.3 is 19.7 Å². The molecule has 0 aromatic rings. The SMILES string of the molecule is C=CC(=O)OC1CCCCC1(CC1(N(OCC)C(=O)O)CCCCC1OC(=O)C=C)N(OCC)C(=O)O. The zero-order valence-electron chi connectivity index (χ0n) is 21.6. The van der Waals surface area contributed by atoms with E-state index in [1.807, 2.05) is 0 Å². The molecule has 37 heavy (non-hydrogen) atoms. The number of carboxylic acid groups (broad SMARTS) is 2. The predicted molar refractivity (Wildman–Crippen MR) is 130 cm³/mol. The number of rotatable bonds is 12. The number of carbonyl (C=O) groups is 4. The fourth-order valence-corrected chi connectivity index (χ4v) is 5.64. The largest absolute Gasteiger partial charge is 0.463 e. The van der Waals surface area contributed by atoms with E-state index in [1.165, 1.54) is 0 Å². The van der Waals surface area contributed by atoms with Crippen LogP contribution in [0.1, 0.15) is 71.6 Å². The standard InChI is InChI=1S/C25H38N2O10/c1-5-20(28)36-18-13-9-11-15-24(18,26(22(30)31)34-7-3)17-25(27(23(32)33)35-8-4)16-12-10-14-19(25)37-21(29)6-2/h5-6,18-19H,1-2,7-17H2,3-4H3,(H,30,31)(H,32,33). The zero-order valence-corrected chi connectivity index (χ0v) is 21.6. The average molecular weight is 527 g/mol. The summed E-state index contributed by atoms with van der Waals surface area (Å²) in [5, 5.41) is 22.0. The van der Waals surface area contributed by atoms with Gasteiger partial charge in [0.05, 0.1) is 13.2 Å². The molecule has 0 radical (unpaired) electrons. The lowest BCUT2D eigenvalue weighted by atomic mass is 9.65. The number of amides is 2. The van der Waals surface area contributed by atoms with Crippen molar-refractivity contribution in [3.05, 3.63) is 25.3 Å². The van der Waals surface area contributed by atoms with Crippen LogP contribution in [0.5, 0.6) is 0 Å². The second-order valence-electron chi connectivity index (χ2n) is 9.12. The van der Waals surface area contributed by atoms with E-state index in [0.29, 0.717) is 38.5 Å². The third-order valence-corrected chi connectivity index (χ3v) is 6.99. The minimum atomic E-state index is -1.51. The maximum Gasteiger partial charge on any atom is 0.432 e. The average Bonchev–Trinajstić information content (AvgIpc) is 2.87. The number of nitrogens with zero attached hydrogens (tertiary/aromatic N) is 2. The van der Waals surface area contributed by atoms with E-state index in [4.69, 9.17) is 19.1 Å². The van der Waals surface area contributed by atoms with Crippen LogP contribution in [0.2, 0.25) is 0 Å². The van der Waals surface area contributed by atoms with E-state index in [1.54, 1.807) is 13.8 Å². The summed E-state index contributed by atoms with van der Waals surface area (Å²) in [5.74, 6) is -1.49. The summed E-state index contributed by atoms with van der Waals surface area (Å²) in [6, 6.07) is 0. The predicted octanol–water partition coefficient (Wildman–Crippen LogP) is 4.06. The first-order valence-corrected chi connectivity index (χ1v) is 12.6. The Bertz CT molecular complexity index is 796. The van der Waals surface area contributed by atoms with Gasteiger partial charge in [0.25, 0.3) is 0 Å². The van der Waals surface area contributed by atoms with Gasteiger partial charge in [-0.05, 0) is 52.4 Å². The molecule has 0 heterocycles. The van der Waals surface area contributed by atoms with Crippen LogP contribution in [0, 0.1) is 0 Å². The van der Waals surface area contributed by atoms with Crippen molar-refractivity contribution in [2.45, 2.75) is 94.9 Å². The van der Waals surface area contributed by atoms with E-state index in [0.717, 1.165) is 22.3 Å². The van der Waals surface area contributed by atoms with Gasteiger partial charge in [0, 0.05) is 18.6 Å². The van der Waals surface area contributed by atoms with Gasteiger partial charge in [0.15, 0.2) is 0 Å². The van der Waals surface area contributed by atoms with E-state index >= 15 is 0 Å². The molecule has 2 N–H and O–H groups in total. The Kier molecular flexibility index (Phi) is 10.9. The Morgan fingerprint density at radius 3 is 1.46 bits per heavy atom. The summed E-state index contributed by atoms with van der Waals surface area (Å²) < 4.78 is 11.4. The van der Waals surface area contributed by atoms with Crippen molar-refractivity contribution in [2.24, 2.45) is 0 Å². The minimum absolute atomic E-state index is 0.00778. The van der Waals surface area contributed by atoms with E-state index in [9.17, 15) is 29.4 Å². The highest BCUT2D eigenvalue weighted by Crippen LogP contribution is 2.49. The molecule has 4 unspecified atom stereocenters. The maximum absolute atomic E-state index is 12.6. The first-order valence-electron chi connectivity index (χ1n) is 12.6. The minimum Gasteiger partial charge on any atom is -0.463 e. The molecule has 2 aliphatic rings. The van der Waals surface area contributed by atoms with Gasteiger partial charge in [0.2, 0.25) is 0 Å². The Balaban J connectivity index is 2.79. The molecule has 4 atom stereocenters. The molecular weight excluding hydrogens is 488 g/mol. The van der Waals surface area contributed by atoms with Crippen molar-refractivity contribution < 1.29 is 48.5 Å². The monoisotopic (exact) mass is 526 g/mol. The molecule has 2 rings (SSSR count). The summed E-state index contributed by atoms with van der Waals surface area (Å²) in [4.78, 5) is 61.0. The number of ether oxygens (including phenoxy) is 2. The smallest absolute Gasteiger partial charge is 0.432 e. The maximum atomic E-state index is 12.6. The van der Waals surface area contributed by atoms with Gasteiger partial charge >= 0.3 is 24.1 Å². The molecule has 2 saturated carbocycles. The molecule has 0 spiro atoms. The lowest BCUT2D eigenvalue weighted by molar-refractivity contribution is -0.274. The van der Waals surface area contributed by atoms with Crippen LogP contribution in [-0.2, 0) is 28.7 Å². The first-order chi connectivity index (χ1) is 17.6. The van der Waals surface area contributed by atoms with E-state index < -0.39 is 47.4 Å². The molecule has 0 aliphatic heterocycles. The number of hydroxylamine groups is 4.